The predicted molar refractivity (Wildman–Crippen MR) is 198 cm³/mol. The average Bonchev–Trinajstić information content (AvgIpc) is 3.94. The summed E-state index contributed by atoms with van der Waals surface area (Å²) in [6.07, 6.45) is 0. The molecule has 8 rings (SSSR count). The maximum absolute atomic E-state index is 5.11. The Labute approximate surface area is 305 Å². The normalized spacial score (nSPS) is 10.8. The summed E-state index contributed by atoms with van der Waals surface area (Å²) < 4.78 is 6.31. The predicted octanol–water partition coefficient (Wildman–Crippen LogP) is 7.88. The van der Waals surface area contributed by atoms with Crippen molar-refractivity contribution in [2.24, 2.45) is 0 Å². The molecule has 4 heterocycles. The molecule has 4 aromatic carbocycles. The van der Waals surface area contributed by atoms with Gasteiger partial charge >= 0.3 is 26.6 Å². The van der Waals surface area contributed by atoms with Gasteiger partial charge in [0.2, 0.25) is 0 Å². The van der Waals surface area contributed by atoms with Crippen LogP contribution in [0.15, 0.2) is 146 Å². The van der Waals surface area contributed by atoms with E-state index in [4.69, 9.17) is 15.3 Å². The Hall–Kier alpha value is -5.59. The van der Waals surface area contributed by atoms with E-state index in [1.807, 2.05) is 97.9 Å². The zero-order valence-electron chi connectivity index (χ0n) is 28.8. The molecule has 0 saturated carbocycles. The number of aromatic nitrogens is 8. The summed E-state index contributed by atoms with van der Waals surface area (Å²) in [5.74, 6) is 0. The van der Waals surface area contributed by atoms with E-state index in [2.05, 4.69) is 99.3 Å². The molecule has 0 radical (unpaired) electrons. The largest absolute Gasteiger partial charge is 2.00 e. The molecular formula is C40H37BN8Zn. The van der Waals surface area contributed by atoms with E-state index in [9.17, 15) is 0 Å². The molecule has 0 spiro atoms. The molecule has 4 aromatic heterocycles. The second-order valence-electron chi connectivity index (χ2n) is 12.3. The maximum atomic E-state index is 5.11. The summed E-state index contributed by atoms with van der Waals surface area (Å²) in [6, 6.07) is 49.4. The third-order valence-corrected chi connectivity index (χ3v) is 8.69. The molecule has 0 amide bonds. The molecule has 0 atom stereocenters. The molecule has 0 aliphatic rings. The van der Waals surface area contributed by atoms with Crippen molar-refractivity contribution in [3.05, 3.63) is 168 Å². The van der Waals surface area contributed by atoms with Crippen LogP contribution in [0.25, 0.3) is 45.0 Å². The first-order valence-corrected chi connectivity index (χ1v) is 16.5. The number of aryl methyl sites for hydroxylation is 4. The molecule has 0 saturated heterocycles. The smallest absolute Gasteiger partial charge is 0.579 e. The summed E-state index contributed by atoms with van der Waals surface area (Å²) in [6.45, 7) is 8.26. The minimum atomic E-state index is -1.55. The third-order valence-electron chi connectivity index (χ3n) is 8.69. The standard InChI is InChI=1S/C30H28BN6.C10H9N2.Zn/c1-22-19-28(25-13-7-4-8-14-25)32-35(22)31(36-23(2)20-29(33-36)26-15-9-5-10-16-26)37-24(3)21-30(34-37)27-17-11-6-12-18-27;1-8-7-10(12-11-8)9-5-3-2-4-6-9;/h4-21,31H,1-3H3;2-7H,1H3;/q2*-1;+2. The maximum Gasteiger partial charge on any atom is 2.00 e. The van der Waals surface area contributed by atoms with E-state index in [-0.39, 0.29) is 19.5 Å². The fourth-order valence-corrected chi connectivity index (χ4v) is 6.16. The summed E-state index contributed by atoms with van der Waals surface area (Å²) in [5, 5.41) is 23.3. The summed E-state index contributed by atoms with van der Waals surface area (Å²) in [7, 11) is -1.55. The van der Waals surface area contributed by atoms with Crippen LogP contribution in [0.5, 0.6) is 0 Å². The van der Waals surface area contributed by atoms with Crippen molar-refractivity contribution in [1.29, 1.82) is 0 Å². The van der Waals surface area contributed by atoms with Crippen LogP contribution >= 0.6 is 0 Å². The van der Waals surface area contributed by atoms with Gasteiger partial charge in [-0.1, -0.05) is 134 Å². The molecule has 10 heteroatoms. The van der Waals surface area contributed by atoms with Crippen molar-refractivity contribution < 1.29 is 19.5 Å². The topological polar surface area (TPSA) is 80.5 Å². The molecule has 8 nitrogen and oxygen atoms in total. The van der Waals surface area contributed by atoms with E-state index in [0.717, 1.165) is 67.8 Å². The minimum absolute atomic E-state index is 0. The van der Waals surface area contributed by atoms with Gasteiger partial charge in [0.05, 0.1) is 17.1 Å². The first-order chi connectivity index (χ1) is 23.9. The van der Waals surface area contributed by atoms with Gasteiger partial charge in [0.1, 0.15) is 0 Å². The van der Waals surface area contributed by atoms with Crippen LogP contribution in [-0.4, -0.2) is 41.3 Å². The van der Waals surface area contributed by atoms with E-state index in [0.29, 0.717) is 0 Å². The monoisotopic (exact) mass is 704 g/mol. The summed E-state index contributed by atoms with van der Waals surface area (Å²) in [4.78, 5) is 0. The molecule has 0 aliphatic heterocycles. The van der Waals surface area contributed by atoms with Gasteiger partial charge in [0.25, 0.3) is 0 Å². The number of hydrogen-bond donors (Lipinski definition) is 0. The molecular weight excluding hydrogens is 669 g/mol. The number of benzene rings is 4. The minimum Gasteiger partial charge on any atom is -0.579 e. The third kappa shape index (κ3) is 7.36. The number of hydrogen-bond acceptors (Lipinski definition) is 4. The number of rotatable bonds is 7. The van der Waals surface area contributed by atoms with E-state index >= 15 is 0 Å². The van der Waals surface area contributed by atoms with E-state index in [1.54, 1.807) is 0 Å². The summed E-state index contributed by atoms with van der Waals surface area (Å²) in [5.41, 5.74) is 12.3. The van der Waals surface area contributed by atoms with Crippen molar-refractivity contribution >= 4 is 7.12 Å². The summed E-state index contributed by atoms with van der Waals surface area (Å²) >= 11 is 0. The molecule has 8 aromatic rings. The van der Waals surface area contributed by atoms with Gasteiger partial charge in [-0.25, -0.2) is 15.3 Å². The zero-order chi connectivity index (χ0) is 33.7. The van der Waals surface area contributed by atoms with Crippen LogP contribution in [0.1, 0.15) is 22.8 Å². The Balaban J connectivity index is 0.000000281. The molecule has 50 heavy (non-hydrogen) atoms. The van der Waals surface area contributed by atoms with Crippen LogP contribution in [-0.2, 0) is 19.5 Å². The van der Waals surface area contributed by atoms with Gasteiger partial charge < -0.3 is 24.0 Å². The van der Waals surface area contributed by atoms with Crippen LogP contribution < -0.4 is 5.10 Å². The van der Waals surface area contributed by atoms with Crippen LogP contribution in [0.3, 0.4) is 0 Å². The fraction of sp³-hybridized carbons (Fsp3) is 0.100. The molecule has 242 valence electrons. The van der Waals surface area contributed by atoms with Gasteiger partial charge in [0, 0.05) is 22.4 Å². The van der Waals surface area contributed by atoms with E-state index < -0.39 is 7.12 Å². The van der Waals surface area contributed by atoms with Crippen molar-refractivity contribution in [2.45, 2.75) is 27.7 Å². The molecule has 0 bridgehead atoms. The van der Waals surface area contributed by atoms with E-state index in [1.165, 1.54) is 0 Å². The van der Waals surface area contributed by atoms with Gasteiger partial charge in [0.15, 0.2) is 0 Å². The Morgan fingerprint density at radius 1 is 0.420 bits per heavy atom. The first-order valence-electron chi connectivity index (χ1n) is 16.5. The second kappa shape index (κ2) is 15.3. The fourth-order valence-electron chi connectivity index (χ4n) is 6.16. The van der Waals surface area contributed by atoms with Crippen molar-refractivity contribution in [1.82, 2.24) is 39.3 Å². The van der Waals surface area contributed by atoms with Gasteiger partial charge in [-0.2, -0.15) is 0 Å². The van der Waals surface area contributed by atoms with Crippen molar-refractivity contribution in [3.8, 4) is 45.0 Å². The molecule has 0 unspecified atom stereocenters. The zero-order valence-corrected chi connectivity index (χ0v) is 31.8. The Bertz CT molecular complexity index is 2070. The molecule has 0 fully saturated rings. The van der Waals surface area contributed by atoms with Gasteiger partial charge in [-0.05, 0) is 61.6 Å². The van der Waals surface area contributed by atoms with Crippen LogP contribution in [0.2, 0.25) is 0 Å². The molecule has 0 aliphatic carbocycles. The molecule has 0 N–H and O–H groups in total. The second-order valence-corrected chi connectivity index (χ2v) is 12.3. The van der Waals surface area contributed by atoms with Crippen LogP contribution in [0, 0.1) is 27.7 Å². The quantitative estimate of drug-likeness (QED) is 0.158. The first kappa shape index (κ1) is 34.3. The van der Waals surface area contributed by atoms with Crippen molar-refractivity contribution in [2.75, 3.05) is 0 Å². The Kier molecular flexibility index (Phi) is 10.5. The van der Waals surface area contributed by atoms with Gasteiger partial charge in [-0.15, -0.1) is 5.69 Å². The Morgan fingerprint density at radius 3 is 1.00 bits per heavy atom. The van der Waals surface area contributed by atoms with Crippen LogP contribution in [0.4, 0.5) is 0 Å². The van der Waals surface area contributed by atoms with Crippen molar-refractivity contribution in [3.63, 3.8) is 0 Å². The Morgan fingerprint density at radius 2 is 0.720 bits per heavy atom. The van der Waals surface area contributed by atoms with Gasteiger partial charge in [-0.3, -0.25) is 0 Å². The number of nitrogens with zero attached hydrogens (tertiary/aromatic N) is 8. The SMILES string of the molecule is Cc1cc(-c2ccccc2)n[n-]1.Cc1cc(-c2ccccc2)nn1[BH-](n1nc(-c2ccccc2)cc1C)n1nc(-c2ccccc2)cc1C.[Zn+2]. The average molecular weight is 706 g/mol.